The molecule has 0 aliphatic rings. The second-order valence-electron chi connectivity index (χ2n) is 5.06. The molecule has 108 valence electrons. The van der Waals surface area contributed by atoms with Crippen molar-refractivity contribution < 1.29 is 0 Å². The summed E-state index contributed by atoms with van der Waals surface area (Å²) in [6, 6.07) is 9.39. The number of para-hydroxylation sites is 1. The van der Waals surface area contributed by atoms with Crippen LogP contribution in [-0.4, -0.2) is 21.7 Å². The molecule has 21 heavy (non-hydrogen) atoms. The highest BCUT2D eigenvalue weighted by Gasteiger charge is 2.04. The molecule has 1 heterocycles. The van der Waals surface area contributed by atoms with Gasteiger partial charge in [0.1, 0.15) is 6.07 Å². The molecule has 0 aliphatic carbocycles. The fraction of sp³-hybridized carbons (Fsp3) is 0.333. The lowest BCUT2D eigenvalue weighted by molar-refractivity contribution is 0.605. The van der Waals surface area contributed by atoms with Crippen molar-refractivity contribution in [2.75, 3.05) is 17.2 Å². The van der Waals surface area contributed by atoms with Gasteiger partial charge in [-0.3, -0.25) is 0 Å². The van der Waals surface area contributed by atoms with Crippen LogP contribution >= 0.6 is 0 Å². The Morgan fingerprint density at radius 3 is 2.86 bits per heavy atom. The average Bonchev–Trinajstić information content (AvgIpc) is 2.48. The molecule has 0 unspecified atom stereocenters. The standard InChI is InChI=1S/C15H18N6/c1-11(2)7-8-17-15-20-14(10-18-21-15)19-13-6-4-3-5-12(13)9-16/h3-6,10-11H,7-8H2,1-2H3,(H2,17,19,20,21). The first-order valence-electron chi connectivity index (χ1n) is 6.89. The molecular weight excluding hydrogens is 264 g/mol. The molecule has 1 aromatic heterocycles. The zero-order valence-corrected chi connectivity index (χ0v) is 12.2. The normalized spacial score (nSPS) is 10.2. The van der Waals surface area contributed by atoms with Crippen molar-refractivity contribution in [1.82, 2.24) is 15.2 Å². The Bertz CT molecular complexity index is 632. The van der Waals surface area contributed by atoms with Crippen molar-refractivity contribution in [2.24, 2.45) is 5.92 Å². The van der Waals surface area contributed by atoms with Crippen molar-refractivity contribution in [3.8, 4) is 6.07 Å². The van der Waals surface area contributed by atoms with Gasteiger partial charge >= 0.3 is 0 Å². The number of aromatic nitrogens is 3. The Kier molecular flexibility index (Phi) is 5.04. The van der Waals surface area contributed by atoms with Gasteiger partial charge in [-0.2, -0.15) is 15.3 Å². The molecule has 0 saturated carbocycles. The fourth-order valence-electron chi connectivity index (χ4n) is 1.74. The minimum atomic E-state index is 0.482. The molecule has 6 heteroatoms. The molecule has 0 fully saturated rings. The number of anilines is 3. The van der Waals surface area contributed by atoms with Gasteiger partial charge in [-0.15, -0.1) is 5.10 Å². The topological polar surface area (TPSA) is 86.5 Å². The molecule has 2 aromatic rings. The molecule has 0 amide bonds. The summed E-state index contributed by atoms with van der Waals surface area (Å²) < 4.78 is 0. The molecule has 0 radical (unpaired) electrons. The van der Waals surface area contributed by atoms with Crippen LogP contribution in [0.4, 0.5) is 17.5 Å². The van der Waals surface area contributed by atoms with E-state index in [1.165, 1.54) is 6.20 Å². The highest BCUT2D eigenvalue weighted by Crippen LogP contribution is 2.18. The van der Waals surface area contributed by atoms with Crippen LogP contribution in [0.25, 0.3) is 0 Å². The van der Waals surface area contributed by atoms with Crippen LogP contribution in [0.5, 0.6) is 0 Å². The zero-order valence-electron chi connectivity index (χ0n) is 12.2. The largest absolute Gasteiger partial charge is 0.353 e. The third-order valence-corrected chi connectivity index (χ3v) is 2.87. The molecule has 0 saturated heterocycles. The van der Waals surface area contributed by atoms with Crippen LogP contribution in [-0.2, 0) is 0 Å². The number of benzene rings is 1. The summed E-state index contributed by atoms with van der Waals surface area (Å²) in [6.07, 6.45) is 2.57. The molecule has 6 nitrogen and oxygen atoms in total. The second kappa shape index (κ2) is 7.20. The monoisotopic (exact) mass is 282 g/mol. The van der Waals surface area contributed by atoms with Crippen LogP contribution in [0.15, 0.2) is 30.5 Å². The van der Waals surface area contributed by atoms with Crippen molar-refractivity contribution in [3.05, 3.63) is 36.0 Å². The van der Waals surface area contributed by atoms with Gasteiger partial charge < -0.3 is 10.6 Å². The van der Waals surface area contributed by atoms with E-state index >= 15 is 0 Å². The van der Waals surface area contributed by atoms with Crippen molar-refractivity contribution in [2.45, 2.75) is 20.3 Å². The van der Waals surface area contributed by atoms with Gasteiger partial charge in [0.25, 0.3) is 0 Å². The average molecular weight is 282 g/mol. The van der Waals surface area contributed by atoms with Crippen LogP contribution in [0.3, 0.4) is 0 Å². The van der Waals surface area contributed by atoms with Crippen LogP contribution in [0.2, 0.25) is 0 Å². The molecule has 0 aliphatic heterocycles. The minimum absolute atomic E-state index is 0.482. The van der Waals surface area contributed by atoms with Gasteiger partial charge in [0, 0.05) is 6.54 Å². The lowest BCUT2D eigenvalue weighted by Gasteiger charge is -2.09. The highest BCUT2D eigenvalue weighted by atomic mass is 15.3. The third kappa shape index (κ3) is 4.42. The van der Waals surface area contributed by atoms with Gasteiger partial charge in [-0.05, 0) is 24.5 Å². The first kappa shape index (κ1) is 14.7. The molecular formula is C15H18N6. The van der Waals surface area contributed by atoms with Gasteiger partial charge in [0.2, 0.25) is 5.95 Å². The number of nitrogens with one attached hydrogen (secondary N) is 2. The quantitative estimate of drug-likeness (QED) is 0.847. The molecule has 2 rings (SSSR count). The maximum atomic E-state index is 9.07. The summed E-state index contributed by atoms with van der Waals surface area (Å²) in [5, 5.41) is 23.2. The van der Waals surface area contributed by atoms with Crippen LogP contribution < -0.4 is 10.6 Å². The number of rotatable bonds is 6. The van der Waals surface area contributed by atoms with E-state index in [1.54, 1.807) is 6.07 Å². The van der Waals surface area contributed by atoms with Crippen molar-refractivity contribution in [3.63, 3.8) is 0 Å². The third-order valence-electron chi connectivity index (χ3n) is 2.87. The van der Waals surface area contributed by atoms with E-state index in [2.05, 4.69) is 45.7 Å². The van der Waals surface area contributed by atoms with Crippen molar-refractivity contribution >= 4 is 17.5 Å². The number of hydrogen-bond donors (Lipinski definition) is 2. The number of nitrogens with zero attached hydrogens (tertiary/aromatic N) is 4. The molecule has 1 aromatic carbocycles. The molecule has 0 atom stereocenters. The second-order valence-corrected chi connectivity index (χ2v) is 5.06. The zero-order chi connectivity index (χ0) is 15.1. The van der Waals surface area contributed by atoms with E-state index in [-0.39, 0.29) is 0 Å². The predicted molar refractivity (Wildman–Crippen MR) is 82.2 cm³/mol. The fourth-order valence-corrected chi connectivity index (χ4v) is 1.74. The van der Waals surface area contributed by atoms with Gasteiger partial charge in [-0.25, -0.2) is 0 Å². The Morgan fingerprint density at radius 1 is 1.29 bits per heavy atom. The Morgan fingerprint density at radius 2 is 2.10 bits per heavy atom. The minimum Gasteiger partial charge on any atom is -0.353 e. The predicted octanol–water partition coefficient (Wildman–Crippen LogP) is 2.94. The summed E-state index contributed by atoms with van der Waals surface area (Å²) in [4.78, 5) is 4.34. The van der Waals surface area contributed by atoms with Crippen LogP contribution in [0, 0.1) is 17.2 Å². The first-order valence-corrected chi connectivity index (χ1v) is 6.89. The van der Waals surface area contributed by atoms with E-state index in [4.69, 9.17) is 5.26 Å². The molecule has 2 N–H and O–H groups in total. The van der Waals surface area contributed by atoms with Gasteiger partial charge in [0.15, 0.2) is 5.82 Å². The number of nitriles is 1. The van der Waals surface area contributed by atoms with E-state index in [1.807, 2.05) is 18.2 Å². The van der Waals surface area contributed by atoms with E-state index in [0.717, 1.165) is 13.0 Å². The SMILES string of the molecule is CC(C)CCNc1nncc(Nc2ccccc2C#N)n1. The highest BCUT2D eigenvalue weighted by molar-refractivity contribution is 5.64. The summed E-state index contributed by atoms with van der Waals surface area (Å²) in [5.41, 5.74) is 1.26. The molecule has 0 spiro atoms. The Hall–Kier alpha value is -2.68. The summed E-state index contributed by atoms with van der Waals surface area (Å²) >= 11 is 0. The Labute approximate surface area is 124 Å². The first-order chi connectivity index (χ1) is 10.2. The van der Waals surface area contributed by atoms with Gasteiger partial charge in [0.05, 0.1) is 17.4 Å². The van der Waals surface area contributed by atoms with E-state index in [9.17, 15) is 0 Å². The maximum Gasteiger partial charge on any atom is 0.244 e. The smallest absolute Gasteiger partial charge is 0.244 e. The number of hydrogen-bond acceptors (Lipinski definition) is 6. The molecule has 0 bridgehead atoms. The van der Waals surface area contributed by atoms with E-state index in [0.29, 0.717) is 28.9 Å². The lowest BCUT2D eigenvalue weighted by Crippen LogP contribution is -2.09. The van der Waals surface area contributed by atoms with Crippen molar-refractivity contribution in [1.29, 1.82) is 5.26 Å². The summed E-state index contributed by atoms with van der Waals surface area (Å²) in [7, 11) is 0. The lowest BCUT2D eigenvalue weighted by atomic mass is 10.1. The van der Waals surface area contributed by atoms with E-state index < -0.39 is 0 Å². The maximum absolute atomic E-state index is 9.07. The summed E-state index contributed by atoms with van der Waals surface area (Å²) in [6.45, 7) is 5.13. The van der Waals surface area contributed by atoms with Crippen LogP contribution in [0.1, 0.15) is 25.8 Å². The Balaban J connectivity index is 2.06. The summed E-state index contributed by atoms with van der Waals surface area (Å²) in [5.74, 6) is 1.66. The van der Waals surface area contributed by atoms with Gasteiger partial charge in [-0.1, -0.05) is 26.0 Å².